The first-order chi connectivity index (χ1) is 44.7. The summed E-state index contributed by atoms with van der Waals surface area (Å²) < 4.78 is 13.7. The van der Waals surface area contributed by atoms with Crippen molar-refractivity contribution in [1.82, 2.24) is 0 Å². The Bertz CT molecular complexity index is 6100. The molecule has 416 valence electrons. The van der Waals surface area contributed by atoms with Crippen molar-refractivity contribution < 1.29 is 8.83 Å². The van der Waals surface area contributed by atoms with Crippen LogP contribution in [0.4, 0.5) is 0 Å². The Kier molecular flexibility index (Phi) is 11.1. The van der Waals surface area contributed by atoms with Crippen LogP contribution in [-0.4, -0.2) is 0 Å². The third-order valence-corrected chi connectivity index (χ3v) is 19.3. The molecule has 0 saturated heterocycles. The van der Waals surface area contributed by atoms with Crippen molar-refractivity contribution in [2.24, 2.45) is 0 Å². The highest BCUT2D eigenvalue weighted by Gasteiger charge is 2.26. The number of para-hydroxylation sites is 2. The Morgan fingerprint density at radius 2 is 0.433 bits per heavy atom. The Morgan fingerprint density at radius 1 is 0.144 bits per heavy atom. The highest BCUT2D eigenvalue weighted by atomic mass is 16.3. The second kappa shape index (κ2) is 19.8. The zero-order valence-electron chi connectivity index (χ0n) is 48.8. The van der Waals surface area contributed by atoms with Crippen LogP contribution in [0.5, 0.6) is 0 Å². The summed E-state index contributed by atoms with van der Waals surface area (Å²) in [6, 6.07) is 116. The molecule has 2 heteroatoms. The molecule has 90 heavy (non-hydrogen) atoms. The first-order valence-corrected chi connectivity index (χ1v) is 31.1. The molecule has 2 aromatic heterocycles. The lowest BCUT2D eigenvalue weighted by atomic mass is 9.81. The molecule has 0 aliphatic heterocycles. The van der Waals surface area contributed by atoms with E-state index >= 15 is 0 Å². The van der Waals surface area contributed by atoms with Crippen molar-refractivity contribution >= 4 is 119 Å². The molecular weight excluding hydrogens is 1090 g/mol. The molecule has 0 aliphatic carbocycles. The van der Waals surface area contributed by atoms with Gasteiger partial charge in [-0.05, 0) is 172 Å². The predicted octanol–water partition coefficient (Wildman–Crippen LogP) is 25.2. The molecule has 0 saturated carbocycles. The second-order valence-electron chi connectivity index (χ2n) is 23.9. The van der Waals surface area contributed by atoms with Crippen LogP contribution >= 0.6 is 0 Å². The van der Waals surface area contributed by atoms with E-state index < -0.39 is 0 Å². The van der Waals surface area contributed by atoms with Gasteiger partial charge in [-0.1, -0.05) is 291 Å². The largest absolute Gasteiger partial charge is 0.456 e. The van der Waals surface area contributed by atoms with Crippen molar-refractivity contribution in [2.75, 3.05) is 0 Å². The highest BCUT2D eigenvalue weighted by Crippen LogP contribution is 2.53. The number of hydrogen-bond donors (Lipinski definition) is 0. The topological polar surface area (TPSA) is 26.3 Å². The lowest BCUT2D eigenvalue weighted by Gasteiger charge is -2.21. The van der Waals surface area contributed by atoms with E-state index in [0.29, 0.717) is 0 Å². The summed E-state index contributed by atoms with van der Waals surface area (Å²) in [5.41, 5.74) is 20.2. The molecule has 0 amide bonds. The maximum absolute atomic E-state index is 7.24. The van der Waals surface area contributed by atoms with Crippen molar-refractivity contribution in [3.63, 3.8) is 0 Å². The van der Waals surface area contributed by atoms with E-state index in [-0.39, 0.29) is 0 Å². The van der Waals surface area contributed by atoms with Gasteiger partial charge in [0.15, 0.2) is 0 Å². The van der Waals surface area contributed by atoms with Gasteiger partial charge in [0.05, 0.1) is 0 Å². The molecule has 0 radical (unpaired) electrons. The summed E-state index contributed by atoms with van der Waals surface area (Å²) in [7, 11) is 0. The summed E-state index contributed by atoms with van der Waals surface area (Å²) in [4.78, 5) is 0. The van der Waals surface area contributed by atoms with Gasteiger partial charge in [-0.25, -0.2) is 0 Å². The van der Waals surface area contributed by atoms with Gasteiger partial charge in [-0.2, -0.15) is 0 Å². The maximum atomic E-state index is 7.24. The average Bonchev–Trinajstić information content (AvgIpc) is 1.06. The minimum Gasteiger partial charge on any atom is -0.456 e. The van der Waals surface area contributed by atoms with E-state index in [4.69, 9.17) is 8.83 Å². The van der Waals surface area contributed by atoms with Gasteiger partial charge in [-0.3, -0.25) is 0 Å². The quantitative estimate of drug-likeness (QED) is 0.149. The smallest absolute Gasteiger partial charge is 0.143 e. The molecule has 0 atom stereocenters. The van der Waals surface area contributed by atoms with Crippen LogP contribution in [0.3, 0.4) is 0 Å². The summed E-state index contributed by atoms with van der Waals surface area (Å²) in [6.07, 6.45) is 0. The summed E-state index contributed by atoms with van der Waals surface area (Å²) in [6.45, 7) is 0. The van der Waals surface area contributed by atoms with Crippen LogP contribution in [-0.2, 0) is 0 Å². The maximum Gasteiger partial charge on any atom is 0.143 e. The predicted molar refractivity (Wildman–Crippen MR) is 382 cm³/mol. The molecule has 0 spiro atoms. The van der Waals surface area contributed by atoms with Gasteiger partial charge >= 0.3 is 0 Å². The van der Waals surface area contributed by atoms with E-state index in [1.807, 2.05) is 6.07 Å². The average molecular weight is 1140 g/mol. The number of benzene rings is 17. The molecule has 17 aromatic carbocycles. The second-order valence-corrected chi connectivity index (χ2v) is 23.9. The van der Waals surface area contributed by atoms with E-state index in [2.05, 4.69) is 309 Å². The van der Waals surface area contributed by atoms with Crippen LogP contribution in [0, 0.1) is 0 Å². The fourth-order valence-corrected chi connectivity index (χ4v) is 15.6. The first kappa shape index (κ1) is 50.3. The molecular formula is C88H52O2. The van der Waals surface area contributed by atoms with Crippen molar-refractivity contribution in [3.8, 4) is 77.9 Å². The molecule has 0 aliphatic rings. The van der Waals surface area contributed by atoms with Crippen molar-refractivity contribution in [3.05, 3.63) is 315 Å². The Labute approximate surface area is 518 Å². The third-order valence-electron chi connectivity index (χ3n) is 19.3. The van der Waals surface area contributed by atoms with Gasteiger partial charge in [0.2, 0.25) is 0 Å². The first-order valence-electron chi connectivity index (χ1n) is 31.1. The number of furan rings is 2. The van der Waals surface area contributed by atoms with Gasteiger partial charge in [0.1, 0.15) is 22.3 Å². The number of hydrogen-bond acceptors (Lipinski definition) is 2. The summed E-state index contributed by atoms with van der Waals surface area (Å²) in [5, 5.41) is 21.3. The van der Waals surface area contributed by atoms with Crippen LogP contribution in [0.15, 0.2) is 324 Å². The Hall–Kier alpha value is -11.8. The van der Waals surface area contributed by atoms with Crippen molar-refractivity contribution in [1.29, 1.82) is 0 Å². The fourth-order valence-electron chi connectivity index (χ4n) is 15.6. The molecule has 0 bridgehead atoms. The molecule has 0 N–H and O–H groups in total. The van der Waals surface area contributed by atoms with Gasteiger partial charge in [0.25, 0.3) is 0 Å². The molecule has 0 unspecified atom stereocenters. The van der Waals surface area contributed by atoms with Crippen LogP contribution in [0.1, 0.15) is 0 Å². The molecule has 19 rings (SSSR count). The number of rotatable bonds is 7. The number of fused-ring (bicyclic) bond motifs is 13. The van der Waals surface area contributed by atoms with Gasteiger partial charge in [0, 0.05) is 27.1 Å². The third kappa shape index (κ3) is 7.40. The van der Waals surface area contributed by atoms with Crippen molar-refractivity contribution in [2.45, 2.75) is 0 Å². The zero-order chi connectivity index (χ0) is 59.0. The Morgan fingerprint density at radius 3 is 0.889 bits per heavy atom. The highest BCUT2D eigenvalue weighted by molar-refractivity contribution is 6.30. The monoisotopic (exact) mass is 1140 g/mol. The minimum absolute atomic E-state index is 0.863. The standard InChI is InChI=1S/C88H52O2/c1-2-23-53(24-3-1)54-45-48-72(58-28-7-4-25-55(54)58)84-68-35-14-16-37-70(68)85(71-38-17-15-36-69(71)84)78-52-51-75(88-87(78)77-40-19-21-43-80(77)90-88)62-47-50-74(60-30-9-6-27-57(60)62)83-66-33-12-10-31-64(66)82(65-32-11-13-34-67(65)83)73-49-46-61(56-26-5-8-29-59(56)73)63-41-22-44-81-86(63)76-39-18-20-42-79(76)89-81/h1-52H. The zero-order valence-corrected chi connectivity index (χ0v) is 48.8. The van der Waals surface area contributed by atoms with Crippen LogP contribution in [0.2, 0.25) is 0 Å². The lowest BCUT2D eigenvalue weighted by Crippen LogP contribution is -1.94. The minimum atomic E-state index is 0.863. The van der Waals surface area contributed by atoms with Crippen LogP contribution < -0.4 is 0 Å². The lowest BCUT2D eigenvalue weighted by molar-refractivity contribution is 0.669. The Balaban J connectivity index is 0.801. The summed E-state index contributed by atoms with van der Waals surface area (Å²) >= 11 is 0. The molecule has 19 aromatic rings. The fraction of sp³-hybridized carbons (Fsp3) is 0. The SMILES string of the molecule is c1ccc(-c2ccc(-c3c4ccccc4c(-c4ccc(-c5ccc(-c6c7ccccc7c(-c7ccc(-c8cccc9oc%10ccccc%10c89)c8ccccc78)c7ccccc67)c6ccccc56)c5oc6ccccc6c45)c4ccccc34)c3ccccc23)cc1. The van der Waals surface area contributed by atoms with Crippen LogP contribution in [0.25, 0.3) is 197 Å². The molecule has 2 nitrogen and oxygen atoms in total. The van der Waals surface area contributed by atoms with E-state index in [1.54, 1.807) is 0 Å². The summed E-state index contributed by atoms with van der Waals surface area (Å²) in [5.74, 6) is 0. The molecule has 0 fully saturated rings. The normalized spacial score (nSPS) is 12.0. The van der Waals surface area contributed by atoms with E-state index in [1.165, 1.54) is 131 Å². The van der Waals surface area contributed by atoms with E-state index in [9.17, 15) is 0 Å². The van der Waals surface area contributed by atoms with Gasteiger partial charge < -0.3 is 8.83 Å². The van der Waals surface area contributed by atoms with Gasteiger partial charge in [-0.15, -0.1) is 0 Å². The van der Waals surface area contributed by atoms with E-state index in [0.717, 1.165) is 66.0 Å². The molecule has 2 heterocycles.